The van der Waals surface area contributed by atoms with E-state index in [2.05, 4.69) is 47.2 Å². The van der Waals surface area contributed by atoms with Gasteiger partial charge in [0.05, 0.1) is 12.8 Å². The van der Waals surface area contributed by atoms with Crippen LogP contribution in [0.1, 0.15) is 12.5 Å². The molecular formula is C13H16Br2N2O3. The summed E-state index contributed by atoms with van der Waals surface area (Å²) in [6, 6.07) is 3.18. The average molecular weight is 408 g/mol. The van der Waals surface area contributed by atoms with E-state index >= 15 is 0 Å². The Balaban J connectivity index is 2.82. The van der Waals surface area contributed by atoms with Gasteiger partial charge in [0.15, 0.2) is 0 Å². The van der Waals surface area contributed by atoms with Crippen LogP contribution >= 0.6 is 31.9 Å². The van der Waals surface area contributed by atoms with Crippen molar-refractivity contribution in [3.8, 4) is 0 Å². The molecule has 2 N–H and O–H groups in total. The van der Waals surface area contributed by atoms with Crippen molar-refractivity contribution in [2.45, 2.75) is 19.9 Å². The van der Waals surface area contributed by atoms with Gasteiger partial charge in [0.1, 0.15) is 6.04 Å². The number of ether oxygens (including phenoxy) is 1. The van der Waals surface area contributed by atoms with E-state index in [0.29, 0.717) is 0 Å². The van der Waals surface area contributed by atoms with Crippen molar-refractivity contribution in [2.24, 2.45) is 0 Å². The number of aryl methyl sites for hydroxylation is 1. The smallest absolute Gasteiger partial charge is 0.330 e. The molecule has 1 aromatic carbocycles. The van der Waals surface area contributed by atoms with Crippen LogP contribution in [-0.2, 0) is 14.3 Å². The van der Waals surface area contributed by atoms with Crippen molar-refractivity contribution in [2.75, 3.05) is 19.0 Å². The van der Waals surface area contributed by atoms with Crippen molar-refractivity contribution in [3.05, 3.63) is 26.6 Å². The third-order valence-electron chi connectivity index (χ3n) is 2.53. The monoisotopic (exact) mass is 406 g/mol. The van der Waals surface area contributed by atoms with Gasteiger partial charge >= 0.3 is 5.97 Å². The maximum atomic E-state index is 11.6. The molecule has 0 bridgehead atoms. The second-order valence-corrected chi connectivity index (χ2v) is 5.97. The van der Waals surface area contributed by atoms with Crippen molar-refractivity contribution >= 4 is 49.4 Å². The summed E-state index contributed by atoms with van der Waals surface area (Å²) in [4.78, 5) is 22.7. The standard InChI is InChI=1S/C13H16Br2N2O3/c1-7-4-9(14)12(10(15)5-7)16-6-11(13(19)20-3)17-8(2)18/h4-5,11,16H,6H2,1-3H3,(H,17,18). The van der Waals surface area contributed by atoms with Crippen LogP contribution in [0.15, 0.2) is 21.1 Å². The molecule has 110 valence electrons. The van der Waals surface area contributed by atoms with E-state index in [0.717, 1.165) is 20.2 Å². The molecule has 0 heterocycles. The molecule has 0 radical (unpaired) electrons. The molecule has 1 unspecified atom stereocenters. The normalized spacial score (nSPS) is 11.7. The molecule has 1 rings (SSSR count). The zero-order valence-corrected chi connectivity index (χ0v) is 14.6. The first kappa shape index (κ1) is 17.0. The molecule has 0 spiro atoms. The maximum Gasteiger partial charge on any atom is 0.330 e. The summed E-state index contributed by atoms with van der Waals surface area (Å²) < 4.78 is 6.41. The predicted octanol–water partition coefficient (Wildman–Crippen LogP) is 2.61. The topological polar surface area (TPSA) is 67.4 Å². The second kappa shape index (κ2) is 7.64. The summed E-state index contributed by atoms with van der Waals surface area (Å²) in [5.41, 5.74) is 1.91. The number of amides is 1. The number of methoxy groups -OCH3 is 1. The highest BCUT2D eigenvalue weighted by Gasteiger charge is 2.20. The SMILES string of the molecule is COC(=O)C(CNc1c(Br)cc(C)cc1Br)NC(C)=O. The molecule has 0 fully saturated rings. The lowest BCUT2D eigenvalue weighted by atomic mass is 10.2. The molecule has 5 nitrogen and oxygen atoms in total. The average Bonchev–Trinajstić information content (AvgIpc) is 2.34. The Labute approximate surface area is 134 Å². The first-order valence-electron chi connectivity index (χ1n) is 5.89. The number of hydrogen-bond donors (Lipinski definition) is 2. The maximum absolute atomic E-state index is 11.6. The zero-order chi connectivity index (χ0) is 15.3. The van der Waals surface area contributed by atoms with Crippen LogP contribution in [0.25, 0.3) is 0 Å². The first-order chi connectivity index (χ1) is 9.35. The summed E-state index contributed by atoms with van der Waals surface area (Å²) >= 11 is 6.91. The molecule has 0 aliphatic heterocycles. The molecule has 0 aliphatic carbocycles. The highest BCUT2D eigenvalue weighted by Crippen LogP contribution is 2.32. The molecule has 0 saturated carbocycles. The molecule has 20 heavy (non-hydrogen) atoms. The summed E-state index contributed by atoms with van der Waals surface area (Å²) in [6.45, 7) is 3.56. The Hall–Kier alpha value is -1.08. The predicted molar refractivity (Wildman–Crippen MR) is 84.7 cm³/mol. The minimum absolute atomic E-state index is 0.229. The third kappa shape index (κ3) is 4.79. The summed E-state index contributed by atoms with van der Waals surface area (Å²) in [5.74, 6) is -0.781. The Morgan fingerprint density at radius 1 is 1.30 bits per heavy atom. The fourth-order valence-electron chi connectivity index (χ4n) is 1.65. The minimum atomic E-state index is -0.738. The van der Waals surface area contributed by atoms with Gasteiger partial charge in [-0.25, -0.2) is 4.79 Å². The number of carbonyl (C=O) groups is 2. The van der Waals surface area contributed by atoms with Crippen LogP contribution in [0.3, 0.4) is 0 Å². The van der Waals surface area contributed by atoms with Crippen LogP contribution in [0.5, 0.6) is 0 Å². The van der Waals surface area contributed by atoms with Gasteiger partial charge in [-0.3, -0.25) is 4.79 Å². The number of benzene rings is 1. The van der Waals surface area contributed by atoms with E-state index in [1.165, 1.54) is 14.0 Å². The van der Waals surface area contributed by atoms with Crippen molar-refractivity contribution < 1.29 is 14.3 Å². The number of carbonyl (C=O) groups excluding carboxylic acids is 2. The molecule has 1 atom stereocenters. The summed E-state index contributed by atoms with van der Waals surface area (Å²) in [5, 5.41) is 5.66. The van der Waals surface area contributed by atoms with Crippen LogP contribution < -0.4 is 10.6 Å². The molecule has 0 saturated heterocycles. The summed E-state index contributed by atoms with van der Waals surface area (Å²) in [6.07, 6.45) is 0. The second-order valence-electron chi connectivity index (χ2n) is 4.26. The van der Waals surface area contributed by atoms with Crippen LogP contribution in [0.4, 0.5) is 5.69 Å². The van der Waals surface area contributed by atoms with E-state index in [9.17, 15) is 9.59 Å². The quantitative estimate of drug-likeness (QED) is 0.736. The van der Waals surface area contributed by atoms with Crippen molar-refractivity contribution in [3.63, 3.8) is 0 Å². The van der Waals surface area contributed by atoms with Crippen LogP contribution in [0.2, 0.25) is 0 Å². The molecule has 1 aromatic rings. The van der Waals surface area contributed by atoms with E-state index in [4.69, 9.17) is 0 Å². The van der Waals surface area contributed by atoms with Gasteiger partial charge in [0.25, 0.3) is 0 Å². The molecule has 0 aromatic heterocycles. The van der Waals surface area contributed by atoms with Gasteiger partial charge in [-0.2, -0.15) is 0 Å². The van der Waals surface area contributed by atoms with Crippen LogP contribution in [0, 0.1) is 6.92 Å². The van der Waals surface area contributed by atoms with Gasteiger partial charge in [-0.1, -0.05) is 0 Å². The number of halogens is 2. The number of hydrogen-bond acceptors (Lipinski definition) is 4. The van der Waals surface area contributed by atoms with E-state index in [-0.39, 0.29) is 12.5 Å². The lowest BCUT2D eigenvalue weighted by Gasteiger charge is -2.18. The molecule has 1 amide bonds. The Bertz CT molecular complexity index is 497. The highest BCUT2D eigenvalue weighted by atomic mass is 79.9. The van der Waals surface area contributed by atoms with Gasteiger partial charge in [-0.15, -0.1) is 0 Å². The number of nitrogens with one attached hydrogen (secondary N) is 2. The van der Waals surface area contributed by atoms with Gasteiger partial charge < -0.3 is 15.4 Å². The van der Waals surface area contributed by atoms with E-state index in [1.807, 2.05) is 19.1 Å². The Morgan fingerprint density at radius 3 is 2.30 bits per heavy atom. The van der Waals surface area contributed by atoms with Gasteiger partial charge in [0.2, 0.25) is 5.91 Å². The lowest BCUT2D eigenvalue weighted by Crippen LogP contribution is -2.45. The fourth-order valence-corrected chi connectivity index (χ4v) is 3.35. The van der Waals surface area contributed by atoms with E-state index in [1.54, 1.807) is 0 Å². The molecular weight excluding hydrogens is 392 g/mol. The van der Waals surface area contributed by atoms with Gasteiger partial charge in [-0.05, 0) is 56.5 Å². The van der Waals surface area contributed by atoms with Gasteiger partial charge in [0, 0.05) is 22.4 Å². The highest BCUT2D eigenvalue weighted by molar-refractivity contribution is 9.11. The Morgan fingerprint density at radius 2 is 1.85 bits per heavy atom. The van der Waals surface area contributed by atoms with Crippen molar-refractivity contribution in [1.29, 1.82) is 0 Å². The first-order valence-corrected chi connectivity index (χ1v) is 7.48. The summed E-state index contributed by atoms with van der Waals surface area (Å²) in [7, 11) is 1.29. The van der Waals surface area contributed by atoms with E-state index < -0.39 is 12.0 Å². The number of esters is 1. The number of rotatable bonds is 5. The number of anilines is 1. The lowest BCUT2D eigenvalue weighted by molar-refractivity contribution is -0.144. The third-order valence-corrected chi connectivity index (χ3v) is 3.78. The largest absolute Gasteiger partial charge is 0.467 e. The van der Waals surface area contributed by atoms with Crippen LogP contribution in [-0.4, -0.2) is 31.6 Å². The molecule has 7 heteroatoms. The zero-order valence-electron chi connectivity index (χ0n) is 11.4. The minimum Gasteiger partial charge on any atom is -0.467 e. The Kier molecular flexibility index (Phi) is 6.48. The van der Waals surface area contributed by atoms with Crippen molar-refractivity contribution in [1.82, 2.24) is 5.32 Å². The molecule has 0 aliphatic rings. The fraction of sp³-hybridized carbons (Fsp3) is 0.385.